The maximum Gasteiger partial charge on any atom is 0.103 e. The van der Waals surface area contributed by atoms with Gasteiger partial charge >= 0.3 is 0 Å². The standard InChI is InChI=1S/C12H15NO2/c14-12(15)11-5-3-4-10(8-11)9-13-6-1-2-7-13/h3-5,8H,1-2,6-7,9H2,(H,14,15). The van der Waals surface area contributed by atoms with Crippen LogP contribution in [0, 0.1) is 0 Å². The van der Waals surface area contributed by atoms with Gasteiger partial charge in [-0.3, -0.25) is 0 Å². The van der Waals surface area contributed by atoms with Gasteiger partial charge in [-0.25, -0.2) is 0 Å². The van der Waals surface area contributed by atoms with Crippen LogP contribution in [0.5, 0.6) is 0 Å². The molecule has 1 aromatic carbocycles. The van der Waals surface area contributed by atoms with E-state index in [1.165, 1.54) is 25.9 Å². The lowest BCUT2D eigenvalue weighted by Gasteiger charge is -2.12. The second-order valence-electron chi connectivity index (χ2n) is 4.12. The molecule has 2 rings (SSSR count). The van der Waals surface area contributed by atoms with Gasteiger partial charge in [0.05, 0.1) is 19.1 Å². The van der Waals surface area contributed by atoms with Crippen LogP contribution < -0.4 is 10.0 Å². The van der Waals surface area contributed by atoms with E-state index in [0.29, 0.717) is 0 Å². The molecule has 15 heavy (non-hydrogen) atoms. The van der Waals surface area contributed by atoms with E-state index in [-0.39, 0.29) is 5.56 Å². The topological polar surface area (TPSA) is 44.6 Å². The van der Waals surface area contributed by atoms with Gasteiger partial charge in [0.2, 0.25) is 0 Å². The molecule has 0 aromatic heterocycles. The molecule has 0 spiro atoms. The van der Waals surface area contributed by atoms with E-state index in [2.05, 4.69) is 0 Å². The van der Waals surface area contributed by atoms with E-state index in [4.69, 9.17) is 0 Å². The number of nitrogens with one attached hydrogen (secondary N) is 1. The molecule has 80 valence electrons. The van der Waals surface area contributed by atoms with Crippen LogP contribution in [0.4, 0.5) is 0 Å². The summed E-state index contributed by atoms with van der Waals surface area (Å²) in [5.74, 6) is -1.09. The molecule has 0 saturated carbocycles. The fraction of sp³-hybridized carbons (Fsp3) is 0.417. The Morgan fingerprint density at radius 3 is 2.73 bits per heavy atom. The Hall–Kier alpha value is -1.35. The highest BCUT2D eigenvalue weighted by atomic mass is 16.4. The van der Waals surface area contributed by atoms with Gasteiger partial charge in [0.1, 0.15) is 6.54 Å². The van der Waals surface area contributed by atoms with Crippen LogP contribution in [0.2, 0.25) is 0 Å². The number of carboxylic acid groups (broad SMARTS) is 1. The molecule has 3 heteroatoms. The van der Waals surface area contributed by atoms with Crippen LogP contribution in [0.25, 0.3) is 0 Å². The number of carbonyl (C=O) groups excluding carboxylic acids is 1. The fourth-order valence-electron chi connectivity index (χ4n) is 2.15. The maximum atomic E-state index is 10.7. The molecule has 0 amide bonds. The number of aromatic carboxylic acids is 1. The van der Waals surface area contributed by atoms with E-state index < -0.39 is 5.97 Å². The zero-order valence-electron chi connectivity index (χ0n) is 8.66. The molecule has 1 aliphatic rings. The third-order valence-electron chi connectivity index (χ3n) is 2.93. The Bertz CT molecular complexity index is 356. The summed E-state index contributed by atoms with van der Waals surface area (Å²) < 4.78 is 0. The van der Waals surface area contributed by atoms with Crippen LogP contribution in [-0.4, -0.2) is 19.1 Å². The highest BCUT2D eigenvalue weighted by Crippen LogP contribution is 2.03. The molecule has 1 fully saturated rings. The summed E-state index contributed by atoms with van der Waals surface area (Å²) in [6.07, 6.45) is 2.57. The Kier molecular flexibility index (Phi) is 3.02. The lowest BCUT2D eigenvalue weighted by molar-refractivity contribution is -0.901. The van der Waals surface area contributed by atoms with Gasteiger partial charge in [-0.1, -0.05) is 18.2 Å². The zero-order valence-corrected chi connectivity index (χ0v) is 8.66. The summed E-state index contributed by atoms with van der Waals surface area (Å²) in [4.78, 5) is 12.2. The van der Waals surface area contributed by atoms with E-state index in [9.17, 15) is 9.90 Å². The normalized spacial score (nSPS) is 16.8. The lowest BCUT2D eigenvalue weighted by Crippen LogP contribution is -3.08. The summed E-state index contributed by atoms with van der Waals surface area (Å²) in [5, 5.41) is 10.7. The van der Waals surface area contributed by atoms with Gasteiger partial charge in [0.25, 0.3) is 0 Å². The monoisotopic (exact) mass is 205 g/mol. The van der Waals surface area contributed by atoms with Crippen molar-refractivity contribution in [3.63, 3.8) is 0 Å². The van der Waals surface area contributed by atoms with Crippen LogP contribution in [0.3, 0.4) is 0 Å². The number of benzene rings is 1. The average Bonchev–Trinajstić information content (AvgIpc) is 2.71. The molecule has 0 unspecified atom stereocenters. The second kappa shape index (κ2) is 4.45. The molecule has 0 radical (unpaired) electrons. The minimum Gasteiger partial charge on any atom is -0.545 e. The number of quaternary nitrogens is 1. The van der Waals surface area contributed by atoms with E-state index in [1.807, 2.05) is 6.07 Å². The second-order valence-corrected chi connectivity index (χ2v) is 4.12. The number of hydrogen-bond acceptors (Lipinski definition) is 2. The summed E-state index contributed by atoms with van der Waals surface area (Å²) in [7, 11) is 0. The third kappa shape index (κ3) is 2.57. The zero-order chi connectivity index (χ0) is 10.7. The fourth-order valence-corrected chi connectivity index (χ4v) is 2.15. The minimum atomic E-state index is -1.09. The third-order valence-corrected chi connectivity index (χ3v) is 2.93. The minimum absolute atomic E-state index is 0.283. The molecule has 0 aliphatic carbocycles. The Labute approximate surface area is 89.3 Å². The van der Waals surface area contributed by atoms with Crippen molar-refractivity contribution >= 4 is 5.97 Å². The Morgan fingerprint density at radius 2 is 2.07 bits per heavy atom. The van der Waals surface area contributed by atoms with Crippen molar-refractivity contribution in [2.24, 2.45) is 0 Å². The first-order chi connectivity index (χ1) is 7.25. The van der Waals surface area contributed by atoms with Crippen molar-refractivity contribution in [1.82, 2.24) is 0 Å². The number of likely N-dealkylation sites (tertiary alicyclic amines) is 1. The molecule has 1 saturated heterocycles. The molecule has 1 aliphatic heterocycles. The van der Waals surface area contributed by atoms with Gasteiger partial charge < -0.3 is 14.8 Å². The first-order valence-corrected chi connectivity index (χ1v) is 5.39. The van der Waals surface area contributed by atoms with Gasteiger partial charge in [0.15, 0.2) is 0 Å². The van der Waals surface area contributed by atoms with Gasteiger partial charge in [-0.2, -0.15) is 0 Å². The predicted octanol–water partition coefficient (Wildman–Crippen LogP) is -0.771. The van der Waals surface area contributed by atoms with Crippen molar-refractivity contribution in [2.45, 2.75) is 19.4 Å². The molecule has 1 N–H and O–H groups in total. The average molecular weight is 205 g/mol. The van der Waals surface area contributed by atoms with Crippen LogP contribution in [0.1, 0.15) is 28.8 Å². The molecule has 0 bridgehead atoms. The molecule has 1 aromatic rings. The molecule has 1 heterocycles. The first-order valence-electron chi connectivity index (χ1n) is 5.39. The number of hydrogen-bond donors (Lipinski definition) is 1. The molecular weight excluding hydrogens is 190 g/mol. The van der Waals surface area contributed by atoms with E-state index in [1.54, 1.807) is 23.1 Å². The van der Waals surface area contributed by atoms with Crippen molar-refractivity contribution in [3.8, 4) is 0 Å². The summed E-state index contributed by atoms with van der Waals surface area (Å²) >= 11 is 0. The van der Waals surface area contributed by atoms with E-state index in [0.717, 1.165) is 12.1 Å². The van der Waals surface area contributed by atoms with Crippen LogP contribution in [0.15, 0.2) is 24.3 Å². The summed E-state index contributed by atoms with van der Waals surface area (Å²) in [6.45, 7) is 3.34. The van der Waals surface area contributed by atoms with Crippen molar-refractivity contribution in [2.75, 3.05) is 13.1 Å². The number of rotatable bonds is 3. The largest absolute Gasteiger partial charge is 0.545 e. The van der Waals surface area contributed by atoms with Crippen molar-refractivity contribution in [3.05, 3.63) is 35.4 Å². The summed E-state index contributed by atoms with van der Waals surface area (Å²) in [6, 6.07) is 7.08. The van der Waals surface area contributed by atoms with Gasteiger partial charge in [-0.15, -0.1) is 0 Å². The SMILES string of the molecule is O=C([O-])c1cccc(C[NH+]2CCCC2)c1. The van der Waals surface area contributed by atoms with Crippen molar-refractivity contribution in [1.29, 1.82) is 0 Å². The van der Waals surface area contributed by atoms with Gasteiger partial charge in [0, 0.05) is 18.4 Å². The highest BCUT2D eigenvalue weighted by Gasteiger charge is 2.15. The lowest BCUT2D eigenvalue weighted by atomic mass is 10.1. The summed E-state index contributed by atoms with van der Waals surface area (Å²) in [5.41, 5.74) is 1.37. The van der Waals surface area contributed by atoms with Crippen LogP contribution in [-0.2, 0) is 6.54 Å². The molecule has 0 atom stereocenters. The van der Waals surface area contributed by atoms with E-state index >= 15 is 0 Å². The van der Waals surface area contributed by atoms with Crippen LogP contribution >= 0.6 is 0 Å². The highest BCUT2D eigenvalue weighted by molar-refractivity contribution is 5.85. The van der Waals surface area contributed by atoms with Gasteiger partial charge in [-0.05, 0) is 11.6 Å². The molecular formula is C12H15NO2. The smallest absolute Gasteiger partial charge is 0.103 e. The first kappa shape index (κ1) is 10.2. The maximum absolute atomic E-state index is 10.7. The predicted molar refractivity (Wildman–Crippen MR) is 54.4 cm³/mol. The van der Waals surface area contributed by atoms with Crippen molar-refractivity contribution < 1.29 is 14.8 Å². The number of carboxylic acids is 1. The molecule has 3 nitrogen and oxygen atoms in total. The Morgan fingerprint density at radius 1 is 1.33 bits per heavy atom. The Balaban J connectivity index is 2.07. The number of carbonyl (C=O) groups is 1. The quantitative estimate of drug-likeness (QED) is 0.704.